The molecule has 0 fully saturated rings. The Balaban J connectivity index is 3.28. The Morgan fingerprint density at radius 1 is 1.45 bits per heavy atom. The molecule has 0 rings (SSSR count). The molecule has 2 radical (unpaired) electrons. The van der Waals surface area contributed by atoms with Gasteiger partial charge in [-0.15, -0.1) is 0 Å². The third-order valence-electron chi connectivity index (χ3n) is 1.74. The van der Waals surface area contributed by atoms with Crippen LogP contribution >= 0.6 is 11.6 Å². The van der Waals surface area contributed by atoms with Crippen molar-refractivity contribution in [2.75, 3.05) is 0 Å². The van der Waals surface area contributed by atoms with Gasteiger partial charge in [-0.2, -0.15) is 0 Å². The van der Waals surface area contributed by atoms with Gasteiger partial charge in [0.25, 0.3) is 0 Å². The normalized spacial score (nSPS) is 10.5. The van der Waals surface area contributed by atoms with Gasteiger partial charge in [0, 0.05) is 15.9 Å². The van der Waals surface area contributed by atoms with E-state index < -0.39 is 0 Å². The molecule has 0 atom stereocenters. The van der Waals surface area contributed by atoms with Crippen molar-refractivity contribution in [1.29, 1.82) is 0 Å². The molecule has 0 aromatic heterocycles. The highest BCUT2D eigenvalue weighted by Crippen LogP contribution is 2.15. The molecule has 0 N–H and O–H groups in total. The predicted octanol–water partition coefficient (Wildman–Crippen LogP) is 2.87. The lowest BCUT2D eigenvalue weighted by molar-refractivity contribution is -0.111. The summed E-state index contributed by atoms with van der Waals surface area (Å²) in [7, 11) is 0.911. The Bertz CT molecular complexity index is 113. The van der Waals surface area contributed by atoms with Crippen LogP contribution < -0.4 is 0 Å². The summed E-state index contributed by atoms with van der Waals surface area (Å²) in [6.07, 6.45) is 3.01. The van der Waals surface area contributed by atoms with E-state index in [1.807, 2.05) is 0 Å². The van der Waals surface area contributed by atoms with Crippen molar-refractivity contribution >= 4 is 26.4 Å². The quantitative estimate of drug-likeness (QED) is 0.465. The van der Waals surface area contributed by atoms with Gasteiger partial charge in [0.05, 0.1) is 0 Å². The van der Waals surface area contributed by atoms with Crippen molar-refractivity contribution in [3.8, 4) is 0 Å². The Labute approximate surface area is 76.3 Å². The van der Waals surface area contributed by atoms with Gasteiger partial charge in [0.2, 0.25) is 5.24 Å². The first-order chi connectivity index (χ1) is 5.20. The van der Waals surface area contributed by atoms with Crippen molar-refractivity contribution in [3.05, 3.63) is 0 Å². The Kier molecular flexibility index (Phi) is 6.97. The molecule has 0 bridgehead atoms. The Morgan fingerprint density at radius 2 is 2.00 bits per heavy atom. The predicted molar refractivity (Wildman–Crippen MR) is 50.4 cm³/mol. The third-order valence-corrected chi connectivity index (χ3v) is 3.86. The zero-order valence-corrected chi connectivity index (χ0v) is 8.95. The first-order valence-electron chi connectivity index (χ1n) is 4.12. The molecule has 0 aliphatic rings. The summed E-state index contributed by atoms with van der Waals surface area (Å²) in [5.74, 6) is 0. The summed E-state index contributed by atoms with van der Waals surface area (Å²) in [6.45, 7) is 4.40. The van der Waals surface area contributed by atoms with Crippen LogP contribution in [0.15, 0.2) is 0 Å². The van der Waals surface area contributed by atoms with Gasteiger partial charge in [-0.05, 0) is 17.1 Å². The maximum absolute atomic E-state index is 10.4. The molecule has 0 unspecified atom stereocenters. The minimum atomic E-state index is -0.191. The van der Waals surface area contributed by atoms with Gasteiger partial charge in [0.15, 0.2) is 0 Å². The molecule has 0 aromatic rings. The molecule has 0 aliphatic heterocycles. The van der Waals surface area contributed by atoms with Crippen molar-refractivity contribution < 1.29 is 4.79 Å². The Hall–Kier alpha value is 0.177. The summed E-state index contributed by atoms with van der Waals surface area (Å²) >= 11 is 5.21. The number of halogens is 1. The van der Waals surface area contributed by atoms with E-state index in [1.54, 1.807) is 0 Å². The summed E-state index contributed by atoms with van der Waals surface area (Å²) in [6, 6.07) is 0.981. The molecule has 64 valence electrons. The second kappa shape index (κ2) is 6.86. The number of hydrogen-bond donors (Lipinski definition) is 0. The van der Waals surface area contributed by atoms with Gasteiger partial charge >= 0.3 is 0 Å². The van der Waals surface area contributed by atoms with E-state index in [1.165, 1.54) is 12.8 Å². The van der Waals surface area contributed by atoms with E-state index in [2.05, 4.69) is 13.8 Å². The molecule has 0 aromatic carbocycles. The van der Waals surface area contributed by atoms with Crippen LogP contribution in [0.25, 0.3) is 0 Å². The lowest BCUT2D eigenvalue weighted by Crippen LogP contribution is -2.02. The molecular formula is C8H15ClOSi. The average molecular weight is 191 g/mol. The maximum atomic E-state index is 10.4. The van der Waals surface area contributed by atoms with Gasteiger partial charge in [-0.3, -0.25) is 4.79 Å². The first kappa shape index (κ1) is 11.2. The van der Waals surface area contributed by atoms with Crippen LogP contribution in [0.1, 0.15) is 33.1 Å². The average Bonchev–Trinajstić information content (AvgIpc) is 1.98. The van der Waals surface area contributed by atoms with Crippen molar-refractivity contribution in [2.45, 2.75) is 44.7 Å². The van der Waals surface area contributed by atoms with E-state index in [9.17, 15) is 4.79 Å². The largest absolute Gasteiger partial charge is 0.281 e. The monoisotopic (exact) mass is 190 g/mol. The smallest absolute Gasteiger partial charge is 0.221 e. The highest BCUT2D eigenvalue weighted by Gasteiger charge is 2.05. The molecular weight excluding hydrogens is 176 g/mol. The Morgan fingerprint density at radius 3 is 2.36 bits per heavy atom. The van der Waals surface area contributed by atoms with Gasteiger partial charge in [-0.25, -0.2) is 0 Å². The van der Waals surface area contributed by atoms with E-state index in [-0.39, 0.29) is 5.24 Å². The molecule has 0 saturated heterocycles. The third kappa shape index (κ3) is 6.57. The zero-order chi connectivity index (χ0) is 8.69. The fourth-order valence-electron chi connectivity index (χ4n) is 0.952. The van der Waals surface area contributed by atoms with Gasteiger partial charge in [0.1, 0.15) is 0 Å². The van der Waals surface area contributed by atoms with Crippen LogP contribution in [0.5, 0.6) is 0 Å². The van der Waals surface area contributed by atoms with Crippen LogP contribution in [0, 0.1) is 0 Å². The second-order valence-electron chi connectivity index (χ2n) is 2.57. The highest BCUT2D eigenvalue weighted by atomic mass is 35.5. The zero-order valence-electron chi connectivity index (χ0n) is 7.19. The number of carbonyl (C=O) groups excluding carboxylic acids is 1. The highest BCUT2D eigenvalue weighted by molar-refractivity contribution is 6.64. The van der Waals surface area contributed by atoms with Crippen LogP contribution in [0.4, 0.5) is 0 Å². The fourth-order valence-corrected chi connectivity index (χ4v) is 2.56. The van der Waals surface area contributed by atoms with Crippen molar-refractivity contribution in [1.82, 2.24) is 0 Å². The van der Waals surface area contributed by atoms with Gasteiger partial charge < -0.3 is 0 Å². The second-order valence-corrected chi connectivity index (χ2v) is 4.72. The summed E-state index contributed by atoms with van der Waals surface area (Å²) in [4.78, 5) is 10.4. The molecule has 11 heavy (non-hydrogen) atoms. The maximum Gasteiger partial charge on any atom is 0.221 e. The molecule has 3 heteroatoms. The first-order valence-corrected chi connectivity index (χ1v) is 5.78. The SMILES string of the molecule is CCC(CC)[Si]CCC(=O)Cl. The van der Waals surface area contributed by atoms with E-state index in [0.29, 0.717) is 6.42 Å². The summed E-state index contributed by atoms with van der Waals surface area (Å²) in [5, 5.41) is -0.191. The lowest BCUT2D eigenvalue weighted by atomic mass is 10.3. The van der Waals surface area contributed by atoms with E-state index >= 15 is 0 Å². The van der Waals surface area contributed by atoms with Crippen LogP contribution in [0.2, 0.25) is 11.6 Å². The van der Waals surface area contributed by atoms with Crippen LogP contribution in [-0.2, 0) is 4.79 Å². The summed E-state index contributed by atoms with van der Waals surface area (Å²) < 4.78 is 0. The molecule has 0 heterocycles. The van der Waals surface area contributed by atoms with Crippen LogP contribution in [-0.4, -0.2) is 14.8 Å². The number of carbonyl (C=O) groups is 1. The topological polar surface area (TPSA) is 17.1 Å². The minimum Gasteiger partial charge on any atom is -0.281 e. The van der Waals surface area contributed by atoms with E-state index in [0.717, 1.165) is 21.1 Å². The number of rotatable bonds is 6. The minimum absolute atomic E-state index is 0.191. The fraction of sp³-hybridized carbons (Fsp3) is 0.875. The van der Waals surface area contributed by atoms with Crippen molar-refractivity contribution in [2.24, 2.45) is 0 Å². The molecule has 0 saturated carbocycles. The molecule has 0 amide bonds. The molecule has 0 spiro atoms. The summed E-state index contributed by atoms with van der Waals surface area (Å²) in [5.41, 5.74) is 0.811. The molecule has 1 nitrogen and oxygen atoms in total. The molecule has 0 aliphatic carbocycles. The standard InChI is InChI=1S/C8H15ClOSi/c1-3-7(4-2)11-6-5-8(9)10/h7H,3-6H2,1-2H3. The van der Waals surface area contributed by atoms with Crippen molar-refractivity contribution in [3.63, 3.8) is 0 Å². The number of hydrogen-bond acceptors (Lipinski definition) is 1. The lowest BCUT2D eigenvalue weighted by Gasteiger charge is -2.08. The van der Waals surface area contributed by atoms with E-state index in [4.69, 9.17) is 11.6 Å². The van der Waals surface area contributed by atoms with Crippen LogP contribution in [0.3, 0.4) is 0 Å². The van der Waals surface area contributed by atoms with Gasteiger partial charge in [-0.1, -0.05) is 32.7 Å².